The Morgan fingerprint density at radius 3 is 2.25 bits per heavy atom. The molecule has 0 N–H and O–H groups in total. The molecule has 1 aromatic rings. The molecule has 4 heteroatoms. The molecule has 0 aliphatic carbocycles. The normalized spacial score (nSPS) is 10.8. The zero-order chi connectivity index (χ0) is 14.8. The molecular formula is C16H24FNO2. The molecule has 0 saturated carbocycles. The summed E-state index contributed by atoms with van der Waals surface area (Å²) in [6, 6.07) is 5.41. The summed E-state index contributed by atoms with van der Waals surface area (Å²) in [6.45, 7) is 7.84. The van der Waals surface area contributed by atoms with Crippen molar-refractivity contribution in [1.82, 2.24) is 4.90 Å². The molecular weight excluding hydrogens is 257 g/mol. The van der Waals surface area contributed by atoms with Gasteiger partial charge in [-0.15, -0.1) is 0 Å². The molecule has 0 aromatic heterocycles. The average Bonchev–Trinajstić information content (AvgIpc) is 2.44. The van der Waals surface area contributed by atoms with E-state index in [9.17, 15) is 9.18 Å². The molecule has 0 unspecified atom stereocenters. The lowest BCUT2D eigenvalue weighted by molar-refractivity contribution is 0.0488. The summed E-state index contributed by atoms with van der Waals surface area (Å²) in [5, 5.41) is 0. The summed E-state index contributed by atoms with van der Waals surface area (Å²) in [4.78, 5) is 14.1. The Balaban J connectivity index is 2.26. The summed E-state index contributed by atoms with van der Waals surface area (Å²) < 4.78 is 17.9. The number of hydrogen-bond donors (Lipinski definition) is 0. The van der Waals surface area contributed by atoms with E-state index in [0.717, 1.165) is 38.9 Å². The van der Waals surface area contributed by atoms with Crippen molar-refractivity contribution in [2.45, 2.75) is 33.1 Å². The van der Waals surface area contributed by atoms with Crippen LogP contribution in [0.4, 0.5) is 4.39 Å². The van der Waals surface area contributed by atoms with Gasteiger partial charge in [-0.25, -0.2) is 9.18 Å². The lowest BCUT2D eigenvalue weighted by atomic mass is 10.2. The van der Waals surface area contributed by atoms with Crippen molar-refractivity contribution in [2.75, 3.05) is 26.2 Å². The number of benzene rings is 1. The van der Waals surface area contributed by atoms with Gasteiger partial charge in [-0.1, -0.05) is 13.8 Å². The number of carbonyl (C=O) groups excluding carboxylic acids is 1. The van der Waals surface area contributed by atoms with E-state index in [-0.39, 0.29) is 11.8 Å². The summed E-state index contributed by atoms with van der Waals surface area (Å²) in [5.74, 6) is -0.737. The Hall–Kier alpha value is -1.42. The first-order chi connectivity index (χ1) is 9.67. The van der Waals surface area contributed by atoms with Crippen molar-refractivity contribution in [2.24, 2.45) is 0 Å². The van der Waals surface area contributed by atoms with Crippen LogP contribution in [0.15, 0.2) is 24.3 Å². The van der Waals surface area contributed by atoms with Crippen LogP contribution in [0.3, 0.4) is 0 Å². The molecule has 3 nitrogen and oxygen atoms in total. The van der Waals surface area contributed by atoms with Crippen molar-refractivity contribution in [3.8, 4) is 0 Å². The minimum absolute atomic E-state index is 0.351. The van der Waals surface area contributed by atoms with Gasteiger partial charge in [0.1, 0.15) is 5.82 Å². The van der Waals surface area contributed by atoms with Gasteiger partial charge in [0.25, 0.3) is 0 Å². The zero-order valence-electron chi connectivity index (χ0n) is 12.4. The molecule has 1 aromatic carbocycles. The van der Waals surface area contributed by atoms with Gasteiger partial charge in [0.2, 0.25) is 0 Å². The first-order valence-electron chi connectivity index (χ1n) is 7.32. The van der Waals surface area contributed by atoms with Crippen LogP contribution in [-0.4, -0.2) is 37.1 Å². The van der Waals surface area contributed by atoms with Crippen LogP contribution in [0, 0.1) is 5.82 Å². The maximum Gasteiger partial charge on any atom is 0.338 e. The van der Waals surface area contributed by atoms with E-state index in [2.05, 4.69) is 18.7 Å². The maximum atomic E-state index is 12.7. The highest BCUT2D eigenvalue weighted by Crippen LogP contribution is 2.05. The van der Waals surface area contributed by atoms with Gasteiger partial charge in [0.15, 0.2) is 0 Å². The molecule has 0 saturated heterocycles. The number of esters is 1. The van der Waals surface area contributed by atoms with E-state index < -0.39 is 0 Å². The molecule has 0 fully saturated rings. The maximum absolute atomic E-state index is 12.7. The summed E-state index contributed by atoms with van der Waals surface area (Å²) in [6.07, 6.45) is 3.09. The number of nitrogens with zero attached hydrogens (tertiary/aromatic N) is 1. The fourth-order valence-electron chi connectivity index (χ4n) is 2.09. The quantitative estimate of drug-likeness (QED) is 0.512. The molecule has 1 rings (SSSR count). The van der Waals surface area contributed by atoms with Crippen LogP contribution in [0.5, 0.6) is 0 Å². The van der Waals surface area contributed by atoms with Gasteiger partial charge >= 0.3 is 5.97 Å². The first kappa shape index (κ1) is 16.6. The topological polar surface area (TPSA) is 29.5 Å². The van der Waals surface area contributed by atoms with Crippen molar-refractivity contribution in [3.05, 3.63) is 35.6 Å². The Kier molecular flexibility index (Phi) is 7.88. The van der Waals surface area contributed by atoms with Crippen LogP contribution in [-0.2, 0) is 4.74 Å². The zero-order valence-corrected chi connectivity index (χ0v) is 12.4. The predicted molar refractivity (Wildman–Crippen MR) is 78.3 cm³/mol. The second kappa shape index (κ2) is 9.48. The summed E-state index contributed by atoms with van der Waals surface area (Å²) in [5.41, 5.74) is 0.394. The van der Waals surface area contributed by atoms with Crippen LogP contribution in [0.1, 0.15) is 43.5 Å². The molecule has 0 radical (unpaired) electrons. The molecule has 0 amide bonds. The smallest absolute Gasteiger partial charge is 0.338 e. The second-order valence-electron chi connectivity index (χ2n) is 4.84. The Labute approximate surface area is 120 Å². The highest BCUT2D eigenvalue weighted by molar-refractivity contribution is 5.89. The van der Waals surface area contributed by atoms with Gasteiger partial charge in [-0.2, -0.15) is 0 Å². The van der Waals surface area contributed by atoms with Crippen molar-refractivity contribution in [1.29, 1.82) is 0 Å². The lowest BCUT2D eigenvalue weighted by Gasteiger charge is -2.20. The van der Waals surface area contributed by atoms with Gasteiger partial charge in [-0.3, -0.25) is 0 Å². The van der Waals surface area contributed by atoms with E-state index in [1.165, 1.54) is 24.3 Å². The fourth-order valence-corrected chi connectivity index (χ4v) is 2.09. The Bertz CT molecular complexity index is 386. The molecule has 0 bridgehead atoms. The third kappa shape index (κ3) is 6.15. The average molecular weight is 281 g/mol. The number of ether oxygens (including phenoxy) is 1. The SMILES string of the molecule is CCCN(CCC)CCCOC(=O)c1ccc(F)cc1. The first-order valence-corrected chi connectivity index (χ1v) is 7.32. The molecule has 0 aliphatic heterocycles. The fraction of sp³-hybridized carbons (Fsp3) is 0.562. The third-order valence-electron chi connectivity index (χ3n) is 3.01. The van der Waals surface area contributed by atoms with Gasteiger partial charge < -0.3 is 9.64 Å². The van der Waals surface area contributed by atoms with Crippen molar-refractivity contribution in [3.63, 3.8) is 0 Å². The van der Waals surface area contributed by atoms with Crippen LogP contribution < -0.4 is 0 Å². The van der Waals surface area contributed by atoms with E-state index >= 15 is 0 Å². The van der Waals surface area contributed by atoms with Crippen molar-refractivity contribution < 1.29 is 13.9 Å². The largest absolute Gasteiger partial charge is 0.462 e. The number of carbonyl (C=O) groups is 1. The van der Waals surface area contributed by atoms with E-state index in [1.807, 2.05) is 0 Å². The molecule has 0 aliphatic rings. The molecule has 0 spiro atoms. The highest BCUT2D eigenvalue weighted by Gasteiger charge is 2.07. The Morgan fingerprint density at radius 2 is 1.70 bits per heavy atom. The predicted octanol–water partition coefficient (Wildman–Crippen LogP) is 3.49. The summed E-state index contributed by atoms with van der Waals surface area (Å²) in [7, 11) is 0. The highest BCUT2D eigenvalue weighted by atomic mass is 19.1. The molecule has 112 valence electrons. The van der Waals surface area contributed by atoms with Crippen LogP contribution in [0.2, 0.25) is 0 Å². The number of rotatable bonds is 9. The standard InChI is InChI=1S/C16H24FNO2/c1-3-10-18(11-4-2)12-5-13-20-16(19)14-6-8-15(17)9-7-14/h6-9H,3-5,10-13H2,1-2H3. The second-order valence-corrected chi connectivity index (χ2v) is 4.84. The third-order valence-corrected chi connectivity index (χ3v) is 3.01. The monoisotopic (exact) mass is 281 g/mol. The van der Waals surface area contributed by atoms with E-state index in [4.69, 9.17) is 4.74 Å². The molecule has 0 atom stereocenters. The van der Waals surface area contributed by atoms with Gasteiger partial charge in [0, 0.05) is 6.54 Å². The van der Waals surface area contributed by atoms with Crippen LogP contribution in [0.25, 0.3) is 0 Å². The molecule has 0 heterocycles. The van der Waals surface area contributed by atoms with Crippen LogP contribution >= 0.6 is 0 Å². The van der Waals surface area contributed by atoms with Gasteiger partial charge in [-0.05, 0) is 56.6 Å². The van der Waals surface area contributed by atoms with E-state index in [1.54, 1.807) is 0 Å². The summed E-state index contributed by atoms with van der Waals surface area (Å²) >= 11 is 0. The van der Waals surface area contributed by atoms with Gasteiger partial charge in [0.05, 0.1) is 12.2 Å². The van der Waals surface area contributed by atoms with Crippen molar-refractivity contribution >= 4 is 5.97 Å². The number of hydrogen-bond acceptors (Lipinski definition) is 3. The minimum Gasteiger partial charge on any atom is -0.462 e. The molecule has 20 heavy (non-hydrogen) atoms. The Morgan fingerprint density at radius 1 is 1.10 bits per heavy atom. The van der Waals surface area contributed by atoms with E-state index in [0.29, 0.717) is 12.2 Å². The lowest BCUT2D eigenvalue weighted by Crippen LogP contribution is -2.27. The number of halogens is 1. The minimum atomic E-state index is -0.387.